The van der Waals surface area contributed by atoms with Gasteiger partial charge in [0, 0.05) is 18.2 Å². The maximum absolute atomic E-state index is 12.0. The van der Waals surface area contributed by atoms with Crippen LogP contribution in [0.5, 0.6) is 0 Å². The molecule has 7 nitrogen and oxygen atoms in total. The molecule has 1 aromatic carbocycles. The number of hydrogen-bond acceptors (Lipinski definition) is 4. The lowest BCUT2D eigenvalue weighted by molar-refractivity contribution is -0.141. The van der Waals surface area contributed by atoms with Crippen LogP contribution in [0.25, 0.3) is 0 Å². The number of carboxylic acids is 1. The van der Waals surface area contributed by atoms with E-state index in [1.165, 1.54) is 0 Å². The van der Waals surface area contributed by atoms with E-state index < -0.39 is 23.8 Å². The predicted octanol–water partition coefficient (Wildman–Crippen LogP) is 1.39. The van der Waals surface area contributed by atoms with E-state index in [0.717, 1.165) is 0 Å². The number of halogens is 1. The Morgan fingerprint density at radius 3 is 2.48 bits per heavy atom. The highest BCUT2D eigenvalue weighted by atomic mass is 79.9. The van der Waals surface area contributed by atoms with Gasteiger partial charge in [0.2, 0.25) is 5.91 Å². The minimum Gasteiger partial charge on any atom is -0.480 e. The average molecular weight is 406 g/mol. The maximum Gasteiger partial charge on any atom is 0.326 e. The molecule has 0 aliphatic heterocycles. The van der Waals surface area contributed by atoms with Crippen molar-refractivity contribution in [2.45, 2.75) is 12.5 Å². The van der Waals surface area contributed by atoms with Crippen molar-refractivity contribution in [3.63, 3.8) is 0 Å². The lowest BCUT2D eigenvalue weighted by Crippen LogP contribution is -2.46. The Hall–Kier alpha value is -2.74. The molecule has 2 amide bonds. The molecule has 1 aromatic heterocycles. The summed E-state index contributed by atoms with van der Waals surface area (Å²) in [6.45, 7) is -0.314. The van der Waals surface area contributed by atoms with Crippen molar-refractivity contribution in [3.05, 3.63) is 64.4 Å². The van der Waals surface area contributed by atoms with Crippen LogP contribution < -0.4 is 10.6 Å². The van der Waals surface area contributed by atoms with Crippen LogP contribution in [-0.2, 0) is 16.0 Å². The molecule has 0 spiro atoms. The first kappa shape index (κ1) is 18.6. The van der Waals surface area contributed by atoms with Crippen molar-refractivity contribution in [3.8, 4) is 0 Å². The Bertz CT molecular complexity index is 767. The Kier molecular flexibility index (Phi) is 6.64. The second kappa shape index (κ2) is 8.93. The summed E-state index contributed by atoms with van der Waals surface area (Å²) in [5.74, 6) is -2.16. The van der Waals surface area contributed by atoms with Gasteiger partial charge in [-0.15, -0.1) is 0 Å². The van der Waals surface area contributed by atoms with Crippen LogP contribution in [0.15, 0.2) is 53.3 Å². The molecular formula is C17H16BrN3O4. The number of nitrogens with one attached hydrogen (secondary N) is 2. The Labute approximate surface area is 152 Å². The number of rotatable bonds is 7. The Morgan fingerprint density at radius 1 is 1.12 bits per heavy atom. The number of carboxylic acid groups (broad SMARTS) is 1. The fourth-order valence-electron chi connectivity index (χ4n) is 2.09. The van der Waals surface area contributed by atoms with E-state index in [0.29, 0.717) is 15.7 Å². The molecule has 8 heteroatoms. The first-order valence-electron chi connectivity index (χ1n) is 7.42. The van der Waals surface area contributed by atoms with Gasteiger partial charge in [-0.3, -0.25) is 9.59 Å². The van der Waals surface area contributed by atoms with Crippen molar-refractivity contribution in [1.82, 2.24) is 15.6 Å². The normalized spacial score (nSPS) is 11.4. The van der Waals surface area contributed by atoms with Gasteiger partial charge in [0.25, 0.3) is 5.91 Å². The molecule has 0 fully saturated rings. The standard InChI is InChI=1S/C17H16BrN3O4/c18-15-12(7-4-8-19-15)9-13(17(24)25)21-14(22)10-20-16(23)11-5-2-1-3-6-11/h1-8,13H,9-10H2,(H,20,23)(H,21,22)(H,24,25)/t13-/m0/s1. The highest BCUT2D eigenvalue weighted by Crippen LogP contribution is 2.14. The third-order valence-electron chi connectivity index (χ3n) is 3.34. The lowest BCUT2D eigenvalue weighted by Gasteiger charge is -2.15. The molecule has 0 saturated carbocycles. The number of aliphatic carboxylic acids is 1. The molecular weight excluding hydrogens is 390 g/mol. The van der Waals surface area contributed by atoms with E-state index in [2.05, 4.69) is 31.5 Å². The number of carbonyl (C=O) groups excluding carboxylic acids is 2. The quantitative estimate of drug-likeness (QED) is 0.603. The smallest absolute Gasteiger partial charge is 0.326 e. The Balaban J connectivity index is 1.91. The van der Waals surface area contributed by atoms with E-state index in [1.54, 1.807) is 48.7 Å². The van der Waals surface area contributed by atoms with Crippen LogP contribution in [0.2, 0.25) is 0 Å². The number of pyridine rings is 1. The number of aromatic nitrogens is 1. The van der Waals surface area contributed by atoms with Crippen LogP contribution in [0, 0.1) is 0 Å². The van der Waals surface area contributed by atoms with Gasteiger partial charge in [0.05, 0.1) is 6.54 Å². The molecule has 25 heavy (non-hydrogen) atoms. The molecule has 3 N–H and O–H groups in total. The number of benzene rings is 1. The van der Waals surface area contributed by atoms with Crippen molar-refractivity contribution < 1.29 is 19.5 Å². The zero-order valence-corrected chi connectivity index (χ0v) is 14.7. The summed E-state index contributed by atoms with van der Waals surface area (Å²) in [6.07, 6.45) is 1.64. The minimum atomic E-state index is -1.17. The molecule has 2 aromatic rings. The van der Waals surface area contributed by atoms with Gasteiger partial charge in [-0.1, -0.05) is 24.3 Å². The highest BCUT2D eigenvalue weighted by molar-refractivity contribution is 9.10. The molecule has 1 heterocycles. The molecule has 1 atom stereocenters. The second-order valence-corrected chi connectivity index (χ2v) is 5.92. The molecule has 0 bridgehead atoms. The van der Waals surface area contributed by atoms with Crippen LogP contribution in [0.4, 0.5) is 0 Å². The summed E-state index contributed by atoms with van der Waals surface area (Å²) in [5, 5.41) is 14.1. The summed E-state index contributed by atoms with van der Waals surface area (Å²) in [5.41, 5.74) is 1.08. The van der Waals surface area contributed by atoms with E-state index in [4.69, 9.17) is 0 Å². The van der Waals surface area contributed by atoms with E-state index in [1.807, 2.05) is 0 Å². The third kappa shape index (κ3) is 5.68. The van der Waals surface area contributed by atoms with Crippen molar-refractivity contribution >= 4 is 33.7 Å². The zero-order valence-electron chi connectivity index (χ0n) is 13.1. The van der Waals surface area contributed by atoms with Gasteiger partial charge in [-0.25, -0.2) is 9.78 Å². The molecule has 0 aliphatic rings. The average Bonchev–Trinajstić information content (AvgIpc) is 2.61. The maximum atomic E-state index is 12.0. The topological polar surface area (TPSA) is 108 Å². The van der Waals surface area contributed by atoms with Gasteiger partial charge in [-0.05, 0) is 39.7 Å². The van der Waals surface area contributed by atoms with Crippen LogP contribution in [0.3, 0.4) is 0 Å². The second-order valence-electron chi connectivity index (χ2n) is 5.16. The molecule has 130 valence electrons. The number of carbonyl (C=O) groups is 3. The summed E-state index contributed by atoms with van der Waals surface area (Å²) in [4.78, 5) is 39.2. The first-order chi connectivity index (χ1) is 12.0. The number of nitrogens with zero attached hydrogens (tertiary/aromatic N) is 1. The van der Waals surface area contributed by atoms with Crippen LogP contribution in [-0.4, -0.2) is 40.5 Å². The minimum absolute atomic E-state index is 0.0716. The number of hydrogen-bond donors (Lipinski definition) is 3. The lowest BCUT2D eigenvalue weighted by atomic mass is 10.1. The summed E-state index contributed by atoms with van der Waals surface area (Å²) in [6, 6.07) is 10.7. The van der Waals surface area contributed by atoms with Gasteiger partial charge >= 0.3 is 5.97 Å². The van der Waals surface area contributed by atoms with E-state index in [9.17, 15) is 19.5 Å². The molecule has 0 unspecified atom stereocenters. The van der Waals surface area contributed by atoms with E-state index >= 15 is 0 Å². The third-order valence-corrected chi connectivity index (χ3v) is 4.05. The van der Waals surface area contributed by atoms with Gasteiger partial charge in [0.1, 0.15) is 10.6 Å². The van der Waals surface area contributed by atoms with Gasteiger partial charge in [0.15, 0.2) is 0 Å². The van der Waals surface area contributed by atoms with Crippen LogP contribution >= 0.6 is 15.9 Å². The fraction of sp³-hybridized carbons (Fsp3) is 0.176. The zero-order chi connectivity index (χ0) is 18.2. The van der Waals surface area contributed by atoms with Crippen molar-refractivity contribution in [2.75, 3.05) is 6.54 Å². The summed E-state index contributed by atoms with van der Waals surface area (Å²) >= 11 is 3.24. The molecule has 2 rings (SSSR count). The fourth-order valence-corrected chi connectivity index (χ4v) is 2.50. The summed E-state index contributed by atoms with van der Waals surface area (Å²) in [7, 11) is 0. The predicted molar refractivity (Wildman–Crippen MR) is 94.0 cm³/mol. The first-order valence-corrected chi connectivity index (χ1v) is 8.21. The van der Waals surface area contributed by atoms with Crippen LogP contribution in [0.1, 0.15) is 15.9 Å². The largest absolute Gasteiger partial charge is 0.480 e. The van der Waals surface area contributed by atoms with Crippen molar-refractivity contribution in [2.24, 2.45) is 0 Å². The van der Waals surface area contributed by atoms with Crippen molar-refractivity contribution in [1.29, 1.82) is 0 Å². The van der Waals surface area contributed by atoms with Gasteiger partial charge in [-0.2, -0.15) is 0 Å². The molecule has 0 radical (unpaired) electrons. The van der Waals surface area contributed by atoms with E-state index in [-0.39, 0.29) is 13.0 Å². The highest BCUT2D eigenvalue weighted by Gasteiger charge is 2.21. The SMILES string of the molecule is O=C(CNC(=O)c1ccccc1)N[C@@H](Cc1cccnc1Br)C(=O)O. The monoisotopic (exact) mass is 405 g/mol. The summed E-state index contributed by atoms with van der Waals surface area (Å²) < 4.78 is 0.521. The Morgan fingerprint density at radius 2 is 1.84 bits per heavy atom. The molecule has 0 saturated heterocycles. The molecule has 0 aliphatic carbocycles. The number of amides is 2. The van der Waals surface area contributed by atoms with Gasteiger partial charge < -0.3 is 15.7 Å².